The number of aliphatic hydroxyl groups excluding tert-OH is 1. The highest BCUT2D eigenvalue weighted by molar-refractivity contribution is 7.89. The number of rotatable bonds is 4. The summed E-state index contributed by atoms with van der Waals surface area (Å²) in [5.74, 6) is 0. The molecular weight excluding hydrogens is 308 g/mol. The Morgan fingerprint density at radius 3 is 2.55 bits per heavy atom. The Hall–Kier alpha value is -1.22. The molecule has 0 bridgehead atoms. The molecule has 9 heteroatoms. The molecule has 2 rings (SSSR count). The summed E-state index contributed by atoms with van der Waals surface area (Å²) in [5.41, 5.74) is -0.126. The van der Waals surface area contributed by atoms with Crippen LogP contribution in [0.3, 0.4) is 0 Å². The van der Waals surface area contributed by atoms with E-state index in [-0.39, 0.29) is 16.0 Å². The average molecular weight is 321 g/mol. The van der Waals surface area contributed by atoms with Crippen molar-refractivity contribution in [3.8, 4) is 0 Å². The van der Waals surface area contributed by atoms with Crippen LogP contribution in [0.2, 0.25) is 5.02 Å². The summed E-state index contributed by atoms with van der Waals surface area (Å²) in [7, 11) is -3.87. The third-order valence-corrected chi connectivity index (χ3v) is 5.13. The van der Waals surface area contributed by atoms with Gasteiger partial charge in [-0.15, -0.1) is 0 Å². The number of hydrogen-bond acceptors (Lipinski definition) is 5. The molecule has 0 atom stereocenters. The maximum absolute atomic E-state index is 12.2. The van der Waals surface area contributed by atoms with Crippen LogP contribution in [-0.2, 0) is 10.0 Å². The molecule has 2 N–H and O–H groups in total. The lowest BCUT2D eigenvalue weighted by Gasteiger charge is -2.31. The summed E-state index contributed by atoms with van der Waals surface area (Å²) >= 11 is 5.72. The Labute approximate surface area is 120 Å². The van der Waals surface area contributed by atoms with Crippen LogP contribution in [0.1, 0.15) is 18.4 Å². The standard InChI is InChI=1S/C11H13ClN2O5S/c1-6-2-9(12)10(14(16)17)5-11(6)20(18,19)13-7-3-8(15)4-7/h2,5,7-8,13,15H,3-4H2,1H3. The van der Waals surface area contributed by atoms with Crippen molar-refractivity contribution < 1.29 is 18.4 Å². The van der Waals surface area contributed by atoms with Crippen LogP contribution in [0.4, 0.5) is 5.69 Å². The van der Waals surface area contributed by atoms with Gasteiger partial charge in [0.1, 0.15) is 5.02 Å². The quantitative estimate of drug-likeness (QED) is 0.643. The van der Waals surface area contributed by atoms with E-state index >= 15 is 0 Å². The van der Waals surface area contributed by atoms with Crippen molar-refractivity contribution >= 4 is 27.3 Å². The number of aliphatic hydroxyl groups is 1. The molecule has 0 saturated heterocycles. The van der Waals surface area contributed by atoms with Gasteiger partial charge in [0.05, 0.1) is 15.9 Å². The summed E-state index contributed by atoms with van der Waals surface area (Å²) in [4.78, 5) is 9.92. The van der Waals surface area contributed by atoms with E-state index in [9.17, 15) is 18.5 Å². The van der Waals surface area contributed by atoms with Crippen molar-refractivity contribution in [1.29, 1.82) is 0 Å². The number of sulfonamides is 1. The first-order chi connectivity index (χ1) is 9.20. The minimum atomic E-state index is -3.87. The molecule has 1 aromatic carbocycles. The normalized spacial score (nSPS) is 22.4. The van der Waals surface area contributed by atoms with Crippen LogP contribution in [0.15, 0.2) is 17.0 Å². The second-order valence-corrected chi connectivity index (χ2v) is 6.86. The average Bonchev–Trinajstić information content (AvgIpc) is 2.25. The SMILES string of the molecule is Cc1cc(Cl)c([N+](=O)[O-])cc1S(=O)(=O)NC1CC(O)C1. The number of benzene rings is 1. The third kappa shape index (κ3) is 2.93. The van der Waals surface area contributed by atoms with Crippen LogP contribution in [-0.4, -0.2) is 30.6 Å². The van der Waals surface area contributed by atoms with E-state index in [0.29, 0.717) is 18.4 Å². The predicted molar refractivity (Wildman–Crippen MR) is 72.2 cm³/mol. The maximum Gasteiger partial charge on any atom is 0.289 e. The zero-order valence-corrected chi connectivity index (χ0v) is 12.1. The largest absolute Gasteiger partial charge is 0.393 e. The highest BCUT2D eigenvalue weighted by Gasteiger charge is 2.32. The van der Waals surface area contributed by atoms with Gasteiger partial charge in [0, 0.05) is 12.1 Å². The molecule has 1 aromatic rings. The lowest BCUT2D eigenvalue weighted by molar-refractivity contribution is -0.384. The molecule has 0 aliphatic heterocycles. The summed E-state index contributed by atoms with van der Waals surface area (Å²) < 4.78 is 26.8. The van der Waals surface area contributed by atoms with Gasteiger partial charge in [-0.05, 0) is 31.4 Å². The van der Waals surface area contributed by atoms with Crippen molar-refractivity contribution in [1.82, 2.24) is 4.72 Å². The minimum absolute atomic E-state index is 0.106. The molecular formula is C11H13ClN2O5S. The van der Waals surface area contributed by atoms with E-state index < -0.39 is 26.7 Å². The van der Waals surface area contributed by atoms with E-state index in [1.165, 1.54) is 13.0 Å². The Morgan fingerprint density at radius 1 is 1.45 bits per heavy atom. The topological polar surface area (TPSA) is 110 Å². The van der Waals surface area contributed by atoms with Crippen molar-refractivity contribution in [2.45, 2.75) is 36.8 Å². The first-order valence-corrected chi connectivity index (χ1v) is 7.72. The number of nitrogens with one attached hydrogen (secondary N) is 1. The molecule has 0 heterocycles. The molecule has 110 valence electrons. The summed E-state index contributed by atoms with van der Waals surface area (Å²) in [6.07, 6.45) is 0.186. The zero-order valence-electron chi connectivity index (χ0n) is 10.5. The van der Waals surface area contributed by atoms with Crippen molar-refractivity contribution in [3.05, 3.63) is 32.8 Å². The number of hydrogen-bond donors (Lipinski definition) is 2. The van der Waals surface area contributed by atoms with E-state index in [2.05, 4.69) is 4.72 Å². The van der Waals surface area contributed by atoms with Crippen LogP contribution in [0, 0.1) is 17.0 Å². The van der Waals surface area contributed by atoms with Gasteiger partial charge < -0.3 is 5.11 Å². The first kappa shape index (κ1) is 15.2. The van der Waals surface area contributed by atoms with Gasteiger partial charge in [-0.2, -0.15) is 0 Å². The molecule has 0 aromatic heterocycles. The fourth-order valence-corrected chi connectivity index (χ4v) is 3.83. The van der Waals surface area contributed by atoms with Gasteiger partial charge in [0.25, 0.3) is 5.69 Å². The van der Waals surface area contributed by atoms with Gasteiger partial charge in [0.2, 0.25) is 10.0 Å². The molecule has 0 unspecified atom stereocenters. The highest BCUT2D eigenvalue weighted by atomic mass is 35.5. The molecule has 1 aliphatic carbocycles. The highest BCUT2D eigenvalue weighted by Crippen LogP contribution is 2.31. The predicted octanol–water partition coefficient (Wildman–Crippen LogP) is 1.36. The van der Waals surface area contributed by atoms with Crippen LogP contribution < -0.4 is 4.72 Å². The van der Waals surface area contributed by atoms with E-state index in [0.717, 1.165) is 6.07 Å². The molecule has 1 fully saturated rings. The summed E-state index contributed by atoms with van der Waals surface area (Å²) in [6, 6.07) is 1.86. The number of nitrogens with zero attached hydrogens (tertiary/aromatic N) is 1. The summed E-state index contributed by atoms with van der Waals surface area (Å²) in [6.45, 7) is 1.51. The fraction of sp³-hybridized carbons (Fsp3) is 0.455. The molecule has 1 aliphatic rings. The first-order valence-electron chi connectivity index (χ1n) is 5.85. The van der Waals surface area contributed by atoms with Gasteiger partial charge in [0.15, 0.2) is 0 Å². The molecule has 1 saturated carbocycles. The Bertz CT molecular complexity index is 655. The molecule has 0 radical (unpaired) electrons. The number of nitro groups is 1. The number of nitro benzene ring substituents is 1. The molecule has 7 nitrogen and oxygen atoms in total. The van der Waals surface area contributed by atoms with E-state index in [1.807, 2.05) is 0 Å². The Kier molecular flexibility index (Phi) is 4.01. The Balaban J connectivity index is 2.35. The van der Waals surface area contributed by atoms with Crippen molar-refractivity contribution in [2.24, 2.45) is 0 Å². The smallest absolute Gasteiger partial charge is 0.289 e. The van der Waals surface area contributed by atoms with Crippen molar-refractivity contribution in [3.63, 3.8) is 0 Å². The lowest BCUT2D eigenvalue weighted by atomic mass is 9.91. The van der Waals surface area contributed by atoms with E-state index in [1.54, 1.807) is 0 Å². The molecule has 20 heavy (non-hydrogen) atoms. The van der Waals surface area contributed by atoms with Gasteiger partial charge in [-0.1, -0.05) is 11.6 Å². The fourth-order valence-electron chi connectivity index (χ4n) is 2.04. The van der Waals surface area contributed by atoms with Crippen LogP contribution >= 0.6 is 11.6 Å². The van der Waals surface area contributed by atoms with Crippen molar-refractivity contribution in [2.75, 3.05) is 0 Å². The number of halogens is 1. The Morgan fingerprint density at radius 2 is 2.05 bits per heavy atom. The molecule has 0 spiro atoms. The zero-order chi connectivity index (χ0) is 15.1. The number of aryl methyl sites for hydroxylation is 1. The third-order valence-electron chi connectivity index (χ3n) is 3.17. The van der Waals surface area contributed by atoms with Gasteiger partial charge in [-0.3, -0.25) is 10.1 Å². The van der Waals surface area contributed by atoms with Crippen LogP contribution in [0.5, 0.6) is 0 Å². The maximum atomic E-state index is 12.2. The van der Waals surface area contributed by atoms with Gasteiger partial charge >= 0.3 is 0 Å². The monoisotopic (exact) mass is 320 g/mol. The second-order valence-electron chi connectivity index (χ2n) is 4.77. The summed E-state index contributed by atoms with van der Waals surface area (Å²) in [5, 5.41) is 19.9. The van der Waals surface area contributed by atoms with Gasteiger partial charge in [-0.25, -0.2) is 13.1 Å². The minimum Gasteiger partial charge on any atom is -0.393 e. The lowest BCUT2D eigenvalue weighted by Crippen LogP contribution is -2.46. The molecule has 0 amide bonds. The van der Waals surface area contributed by atoms with Crippen LogP contribution in [0.25, 0.3) is 0 Å². The van der Waals surface area contributed by atoms with E-state index in [4.69, 9.17) is 16.7 Å². The second kappa shape index (κ2) is 5.28.